The Balaban J connectivity index is 1.43. The first-order valence-electron chi connectivity index (χ1n) is 12.2. The third-order valence-electron chi connectivity index (χ3n) is 6.40. The molecule has 0 fully saturated rings. The molecule has 4 rings (SSSR count). The molecular formula is C27H30N6O5. The minimum Gasteiger partial charge on any atom is -0.480 e. The van der Waals surface area contributed by atoms with E-state index in [4.69, 9.17) is 5.73 Å². The topological polar surface area (TPSA) is 182 Å². The summed E-state index contributed by atoms with van der Waals surface area (Å²) in [5.74, 6) is -2.98. The Morgan fingerprint density at radius 2 is 1.32 bits per heavy atom. The maximum atomic E-state index is 13.1. The van der Waals surface area contributed by atoms with Gasteiger partial charge in [-0.3, -0.25) is 14.4 Å². The Morgan fingerprint density at radius 3 is 1.84 bits per heavy atom. The number of carboxylic acid groups (broad SMARTS) is 1. The van der Waals surface area contributed by atoms with Crippen molar-refractivity contribution in [1.82, 2.24) is 25.9 Å². The second-order valence-corrected chi connectivity index (χ2v) is 9.08. The SMILES string of the molecule is CC(NC(=O)C(Cc1c[nH]c2ccccc12)NC(=O)CN)C(=O)NC(Cc1c[nH]c2ccccc12)C(=O)O. The highest BCUT2D eigenvalue weighted by atomic mass is 16.4. The highest BCUT2D eigenvalue weighted by Crippen LogP contribution is 2.20. The zero-order valence-corrected chi connectivity index (χ0v) is 20.8. The first-order valence-corrected chi connectivity index (χ1v) is 12.2. The van der Waals surface area contributed by atoms with Gasteiger partial charge in [0.2, 0.25) is 17.7 Å². The fraction of sp³-hybridized carbons (Fsp3) is 0.259. The molecule has 0 aliphatic heterocycles. The molecule has 2 aromatic heterocycles. The summed E-state index contributed by atoms with van der Waals surface area (Å²) in [6.07, 6.45) is 3.70. The molecular weight excluding hydrogens is 488 g/mol. The summed E-state index contributed by atoms with van der Waals surface area (Å²) in [7, 11) is 0. The van der Waals surface area contributed by atoms with E-state index in [0.29, 0.717) is 0 Å². The van der Waals surface area contributed by atoms with E-state index in [0.717, 1.165) is 32.9 Å². The molecule has 0 aliphatic rings. The monoisotopic (exact) mass is 518 g/mol. The van der Waals surface area contributed by atoms with Gasteiger partial charge in [-0.25, -0.2) is 4.79 Å². The van der Waals surface area contributed by atoms with E-state index in [9.17, 15) is 24.3 Å². The van der Waals surface area contributed by atoms with Crippen molar-refractivity contribution in [3.8, 4) is 0 Å². The number of carbonyl (C=O) groups is 4. The summed E-state index contributed by atoms with van der Waals surface area (Å²) in [6, 6.07) is 11.7. The molecule has 0 spiro atoms. The number of amides is 3. The van der Waals surface area contributed by atoms with Gasteiger partial charge in [-0.2, -0.15) is 0 Å². The highest BCUT2D eigenvalue weighted by Gasteiger charge is 2.28. The first-order chi connectivity index (χ1) is 18.3. The number of carbonyl (C=O) groups excluding carboxylic acids is 3. The van der Waals surface area contributed by atoms with Crippen LogP contribution in [-0.2, 0) is 32.0 Å². The number of fused-ring (bicyclic) bond motifs is 2. The lowest BCUT2D eigenvalue weighted by molar-refractivity contribution is -0.142. The van der Waals surface area contributed by atoms with Gasteiger partial charge in [0.1, 0.15) is 18.1 Å². The van der Waals surface area contributed by atoms with E-state index >= 15 is 0 Å². The van der Waals surface area contributed by atoms with E-state index in [2.05, 4.69) is 25.9 Å². The number of rotatable bonds is 11. The summed E-state index contributed by atoms with van der Waals surface area (Å²) in [6.45, 7) is 1.15. The van der Waals surface area contributed by atoms with Crippen LogP contribution in [0.5, 0.6) is 0 Å². The number of nitrogens with one attached hydrogen (secondary N) is 5. The lowest BCUT2D eigenvalue weighted by atomic mass is 10.0. The molecule has 0 saturated carbocycles. The minimum atomic E-state index is -1.21. The van der Waals surface area contributed by atoms with Crippen molar-refractivity contribution in [1.29, 1.82) is 0 Å². The number of H-pyrrole nitrogens is 2. The van der Waals surface area contributed by atoms with E-state index in [1.165, 1.54) is 6.92 Å². The van der Waals surface area contributed by atoms with Gasteiger partial charge in [0.25, 0.3) is 0 Å². The van der Waals surface area contributed by atoms with E-state index in [1.807, 2.05) is 48.5 Å². The van der Waals surface area contributed by atoms with Crippen LogP contribution in [0.4, 0.5) is 0 Å². The van der Waals surface area contributed by atoms with Crippen molar-refractivity contribution in [3.63, 3.8) is 0 Å². The van der Waals surface area contributed by atoms with Gasteiger partial charge >= 0.3 is 5.97 Å². The standard InChI is InChI=1S/C27H30N6O5/c1-15(25(35)33-23(27(37)38)11-17-14-30-21-9-5-3-7-19(17)21)31-26(36)22(32-24(34)12-28)10-16-13-29-20-8-4-2-6-18(16)20/h2-9,13-15,22-23,29-30H,10-12,28H2,1H3,(H,31,36)(H,32,34)(H,33,35)(H,37,38). The quantitative estimate of drug-likeness (QED) is 0.155. The average molecular weight is 519 g/mol. The van der Waals surface area contributed by atoms with Gasteiger partial charge < -0.3 is 36.8 Å². The average Bonchev–Trinajstić information content (AvgIpc) is 3.51. The summed E-state index contributed by atoms with van der Waals surface area (Å²) in [4.78, 5) is 56.2. The fourth-order valence-electron chi connectivity index (χ4n) is 4.38. The second kappa shape index (κ2) is 11.6. The highest BCUT2D eigenvalue weighted by molar-refractivity contribution is 5.94. The van der Waals surface area contributed by atoms with Gasteiger partial charge in [0, 0.05) is 47.0 Å². The smallest absolute Gasteiger partial charge is 0.326 e. The van der Waals surface area contributed by atoms with Crippen molar-refractivity contribution in [2.45, 2.75) is 37.9 Å². The predicted octanol–water partition coefficient (Wildman–Crippen LogP) is 0.952. The maximum Gasteiger partial charge on any atom is 0.326 e. The largest absolute Gasteiger partial charge is 0.480 e. The number of para-hydroxylation sites is 2. The predicted molar refractivity (Wildman–Crippen MR) is 142 cm³/mol. The molecule has 3 unspecified atom stereocenters. The number of benzene rings is 2. The molecule has 11 nitrogen and oxygen atoms in total. The van der Waals surface area contributed by atoms with Gasteiger partial charge in [-0.1, -0.05) is 36.4 Å². The lowest BCUT2D eigenvalue weighted by Gasteiger charge is -2.22. The van der Waals surface area contributed by atoms with Crippen LogP contribution < -0.4 is 21.7 Å². The molecule has 38 heavy (non-hydrogen) atoms. The number of aromatic amines is 2. The number of aliphatic carboxylic acids is 1. The van der Waals surface area contributed by atoms with Crippen molar-refractivity contribution in [3.05, 3.63) is 72.1 Å². The zero-order chi connectivity index (χ0) is 27.2. The Morgan fingerprint density at radius 1 is 0.789 bits per heavy atom. The molecule has 0 saturated heterocycles. The van der Waals surface area contributed by atoms with Crippen LogP contribution in [0.3, 0.4) is 0 Å². The summed E-state index contributed by atoms with van der Waals surface area (Å²) >= 11 is 0. The van der Waals surface area contributed by atoms with Crippen LogP contribution >= 0.6 is 0 Å². The van der Waals surface area contributed by atoms with Gasteiger partial charge in [-0.15, -0.1) is 0 Å². The van der Waals surface area contributed by atoms with Crippen LogP contribution in [0.2, 0.25) is 0 Å². The van der Waals surface area contributed by atoms with Crippen LogP contribution in [0.15, 0.2) is 60.9 Å². The number of nitrogens with two attached hydrogens (primary N) is 1. The lowest BCUT2D eigenvalue weighted by Crippen LogP contribution is -2.56. The van der Waals surface area contributed by atoms with Gasteiger partial charge in [0.05, 0.1) is 6.54 Å². The molecule has 2 aromatic carbocycles. The third-order valence-corrected chi connectivity index (χ3v) is 6.40. The number of aromatic nitrogens is 2. The van der Waals surface area contributed by atoms with Crippen molar-refractivity contribution < 1.29 is 24.3 Å². The molecule has 8 N–H and O–H groups in total. The normalized spacial score (nSPS) is 13.5. The molecule has 198 valence electrons. The number of hydrogen-bond donors (Lipinski definition) is 7. The van der Waals surface area contributed by atoms with Crippen LogP contribution in [-0.4, -0.2) is 63.4 Å². The molecule has 11 heteroatoms. The van der Waals surface area contributed by atoms with Crippen molar-refractivity contribution in [2.75, 3.05) is 6.54 Å². The Bertz CT molecular complexity index is 1470. The molecule has 0 aliphatic carbocycles. The molecule has 0 bridgehead atoms. The summed E-state index contributed by atoms with van der Waals surface area (Å²) < 4.78 is 0. The Kier molecular flexibility index (Phi) is 8.07. The van der Waals surface area contributed by atoms with Crippen molar-refractivity contribution in [2.24, 2.45) is 5.73 Å². The third kappa shape index (κ3) is 6.01. The van der Waals surface area contributed by atoms with E-state index in [1.54, 1.807) is 12.4 Å². The maximum absolute atomic E-state index is 13.1. The van der Waals surface area contributed by atoms with Crippen LogP contribution in [0.25, 0.3) is 21.8 Å². The fourth-order valence-corrected chi connectivity index (χ4v) is 4.38. The van der Waals surface area contributed by atoms with Gasteiger partial charge in [-0.05, 0) is 30.2 Å². The number of carboxylic acids is 1. The summed E-state index contributed by atoms with van der Waals surface area (Å²) in [5.41, 5.74) is 8.73. The number of hydrogen-bond acceptors (Lipinski definition) is 5. The molecule has 0 radical (unpaired) electrons. The minimum absolute atomic E-state index is 0.0570. The van der Waals surface area contributed by atoms with Gasteiger partial charge in [0.15, 0.2) is 0 Å². The zero-order valence-electron chi connectivity index (χ0n) is 20.8. The second-order valence-electron chi connectivity index (χ2n) is 9.08. The molecule has 3 atom stereocenters. The first kappa shape index (κ1) is 26.4. The Labute approximate surface area is 218 Å². The van der Waals surface area contributed by atoms with E-state index in [-0.39, 0.29) is 19.4 Å². The van der Waals surface area contributed by atoms with Crippen molar-refractivity contribution >= 4 is 45.5 Å². The molecule has 4 aromatic rings. The van der Waals surface area contributed by atoms with E-state index < -0.39 is 41.8 Å². The molecule has 2 heterocycles. The summed E-state index contributed by atoms with van der Waals surface area (Å²) in [5, 5.41) is 19.2. The van der Waals surface area contributed by atoms with Crippen LogP contribution in [0, 0.1) is 0 Å². The Hall–Kier alpha value is -4.64. The molecule has 3 amide bonds. The van der Waals surface area contributed by atoms with Crippen LogP contribution in [0.1, 0.15) is 18.1 Å².